The van der Waals surface area contributed by atoms with Gasteiger partial charge in [0.15, 0.2) is 10.5 Å². The van der Waals surface area contributed by atoms with E-state index in [9.17, 15) is 13.2 Å². The maximum Gasteiger partial charge on any atom is 0.255 e. The standard InChI is InChI=1S/C15H17BN4O3S2/c1-9(21)19-5-4-10-8-11(2-3-12(10)19)18-25(22,23)14-13(16)17-15-20(14)6-7-24-15/h2-3,6-8,13-14,18H,4-5,16H2,1H3. The van der Waals surface area contributed by atoms with Crippen LogP contribution in [0.1, 0.15) is 12.5 Å². The van der Waals surface area contributed by atoms with E-state index in [0.717, 1.165) is 17.7 Å². The zero-order chi connectivity index (χ0) is 17.8. The van der Waals surface area contributed by atoms with Crippen molar-refractivity contribution in [2.75, 3.05) is 16.2 Å². The molecule has 1 amide bonds. The lowest BCUT2D eigenvalue weighted by molar-refractivity contribution is -0.116. The Bertz CT molecular complexity index is 915. The first-order chi connectivity index (χ1) is 11.9. The quantitative estimate of drug-likeness (QED) is 0.778. The summed E-state index contributed by atoms with van der Waals surface area (Å²) in [5.74, 6) is -0.345. The van der Waals surface area contributed by atoms with Crippen LogP contribution >= 0.6 is 11.8 Å². The number of nitrogens with zero attached hydrogens (tertiary/aromatic N) is 3. The molecule has 0 radical (unpaired) electrons. The Hall–Kier alpha value is -1.94. The lowest BCUT2D eigenvalue weighted by Crippen LogP contribution is -2.44. The van der Waals surface area contributed by atoms with Gasteiger partial charge in [-0.15, -0.1) is 0 Å². The van der Waals surface area contributed by atoms with Crippen LogP contribution in [-0.4, -0.2) is 50.1 Å². The summed E-state index contributed by atoms with van der Waals surface area (Å²) in [7, 11) is -1.84. The molecular weight excluding hydrogens is 359 g/mol. The smallest absolute Gasteiger partial charge is 0.255 e. The third-order valence-electron chi connectivity index (χ3n) is 4.55. The largest absolute Gasteiger partial charge is 0.312 e. The summed E-state index contributed by atoms with van der Waals surface area (Å²) in [6, 6.07) is 5.31. The number of fused-ring (bicyclic) bond motifs is 2. The number of carbonyl (C=O) groups is 1. The molecular formula is C15H17BN4O3S2. The van der Waals surface area contributed by atoms with Crippen LogP contribution in [0.5, 0.6) is 0 Å². The van der Waals surface area contributed by atoms with Gasteiger partial charge in [0, 0.05) is 31.0 Å². The molecule has 2 unspecified atom stereocenters. The van der Waals surface area contributed by atoms with Crippen LogP contribution in [0.4, 0.5) is 11.4 Å². The maximum atomic E-state index is 12.9. The van der Waals surface area contributed by atoms with E-state index in [1.807, 2.05) is 11.5 Å². The number of hydrogen-bond donors (Lipinski definition) is 1. The van der Waals surface area contributed by atoms with Crippen molar-refractivity contribution in [2.24, 2.45) is 4.99 Å². The predicted molar refractivity (Wildman–Crippen MR) is 103 cm³/mol. The van der Waals surface area contributed by atoms with Crippen LogP contribution in [-0.2, 0) is 21.2 Å². The predicted octanol–water partition coefficient (Wildman–Crippen LogP) is 0.512. The third-order valence-corrected chi connectivity index (χ3v) is 7.11. The van der Waals surface area contributed by atoms with Crippen molar-refractivity contribution < 1.29 is 13.2 Å². The summed E-state index contributed by atoms with van der Waals surface area (Å²) in [5.41, 5.74) is 2.35. The zero-order valence-electron chi connectivity index (χ0n) is 13.8. The Morgan fingerprint density at radius 2 is 2.24 bits per heavy atom. The molecule has 0 saturated heterocycles. The number of aliphatic imine (C=N–C) groups is 1. The number of anilines is 2. The van der Waals surface area contributed by atoms with Gasteiger partial charge < -0.3 is 9.80 Å². The Labute approximate surface area is 151 Å². The molecule has 10 heteroatoms. The fourth-order valence-electron chi connectivity index (χ4n) is 3.47. The van der Waals surface area contributed by atoms with Gasteiger partial charge in [0.25, 0.3) is 10.0 Å². The van der Waals surface area contributed by atoms with E-state index in [1.165, 1.54) is 18.7 Å². The first kappa shape index (κ1) is 16.5. The van der Waals surface area contributed by atoms with Crippen molar-refractivity contribution >= 4 is 52.1 Å². The number of amidine groups is 1. The average molecular weight is 376 g/mol. The monoisotopic (exact) mass is 376 g/mol. The van der Waals surface area contributed by atoms with Crippen LogP contribution in [0.2, 0.25) is 0 Å². The SMILES string of the molecule is BC1N=C2SC=CN2C1S(=O)(=O)Nc1ccc2c(c1)CCN2C(C)=O. The van der Waals surface area contributed by atoms with E-state index >= 15 is 0 Å². The molecule has 4 rings (SSSR count). The molecule has 0 bridgehead atoms. The molecule has 0 aliphatic carbocycles. The van der Waals surface area contributed by atoms with Crippen molar-refractivity contribution in [3.8, 4) is 0 Å². The number of carbonyl (C=O) groups excluding carboxylic acids is 1. The summed E-state index contributed by atoms with van der Waals surface area (Å²) in [4.78, 5) is 19.4. The molecule has 2 atom stereocenters. The van der Waals surface area contributed by atoms with Gasteiger partial charge in [-0.2, -0.15) is 0 Å². The van der Waals surface area contributed by atoms with Crippen LogP contribution in [0.15, 0.2) is 34.8 Å². The molecule has 25 heavy (non-hydrogen) atoms. The van der Waals surface area contributed by atoms with Crippen LogP contribution < -0.4 is 9.62 Å². The summed E-state index contributed by atoms with van der Waals surface area (Å²) in [6.45, 7) is 2.17. The first-order valence-corrected chi connectivity index (χ1v) is 10.4. The van der Waals surface area contributed by atoms with Gasteiger partial charge in [0.1, 0.15) is 7.85 Å². The molecule has 0 saturated carbocycles. The molecule has 3 aliphatic rings. The Morgan fingerprint density at radius 1 is 1.44 bits per heavy atom. The minimum atomic E-state index is -3.65. The number of benzene rings is 1. The topological polar surface area (TPSA) is 82.1 Å². The fraction of sp³-hybridized carbons (Fsp3) is 0.333. The van der Waals surface area contributed by atoms with Crippen LogP contribution in [0.25, 0.3) is 0 Å². The lowest BCUT2D eigenvalue weighted by atomic mass is 9.98. The van der Waals surface area contributed by atoms with Gasteiger partial charge in [-0.05, 0) is 35.6 Å². The molecule has 0 aromatic heterocycles. The Balaban J connectivity index is 1.58. The maximum absolute atomic E-state index is 12.9. The highest BCUT2D eigenvalue weighted by Crippen LogP contribution is 2.34. The van der Waals surface area contributed by atoms with E-state index in [2.05, 4.69) is 9.71 Å². The summed E-state index contributed by atoms with van der Waals surface area (Å²) in [5, 5.41) is 1.79. The molecule has 7 nitrogen and oxygen atoms in total. The van der Waals surface area contributed by atoms with E-state index in [4.69, 9.17) is 0 Å². The molecule has 1 aromatic rings. The van der Waals surface area contributed by atoms with Gasteiger partial charge >= 0.3 is 0 Å². The van der Waals surface area contributed by atoms with Crippen LogP contribution in [0, 0.1) is 0 Å². The molecule has 1 aromatic carbocycles. The minimum Gasteiger partial charge on any atom is -0.312 e. The van der Waals surface area contributed by atoms with Crippen molar-refractivity contribution in [2.45, 2.75) is 24.7 Å². The number of nitrogens with one attached hydrogen (secondary N) is 1. The number of rotatable bonds is 3. The summed E-state index contributed by atoms with van der Waals surface area (Å²) < 4.78 is 28.5. The van der Waals surface area contributed by atoms with Crippen molar-refractivity contribution in [1.82, 2.24) is 4.90 Å². The molecule has 3 heterocycles. The zero-order valence-corrected chi connectivity index (χ0v) is 15.5. The first-order valence-electron chi connectivity index (χ1n) is 7.99. The Morgan fingerprint density at radius 3 is 3.00 bits per heavy atom. The van der Waals surface area contributed by atoms with Gasteiger partial charge in [-0.25, -0.2) is 8.42 Å². The number of sulfonamides is 1. The number of amides is 1. The number of hydrogen-bond acceptors (Lipinski definition) is 6. The Kier molecular flexibility index (Phi) is 3.84. The molecule has 0 fully saturated rings. The fourth-order valence-corrected chi connectivity index (χ4v) is 6.00. The second-order valence-corrected chi connectivity index (χ2v) is 8.91. The highest BCUT2D eigenvalue weighted by atomic mass is 32.2. The second-order valence-electron chi connectivity index (χ2n) is 6.26. The molecule has 130 valence electrons. The summed E-state index contributed by atoms with van der Waals surface area (Å²) in [6.07, 6.45) is 2.48. The van der Waals surface area contributed by atoms with E-state index < -0.39 is 15.4 Å². The third kappa shape index (κ3) is 2.73. The van der Waals surface area contributed by atoms with Gasteiger partial charge in [-0.3, -0.25) is 14.5 Å². The number of thioether (sulfide) groups is 1. The van der Waals surface area contributed by atoms with Crippen LogP contribution in [0.3, 0.4) is 0 Å². The molecule has 0 spiro atoms. The van der Waals surface area contributed by atoms with Gasteiger partial charge in [0.05, 0.1) is 5.94 Å². The van der Waals surface area contributed by atoms with Crippen molar-refractivity contribution in [3.63, 3.8) is 0 Å². The lowest BCUT2D eigenvalue weighted by Gasteiger charge is -2.24. The van der Waals surface area contributed by atoms with Crippen molar-refractivity contribution in [3.05, 3.63) is 35.4 Å². The van der Waals surface area contributed by atoms with E-state index in [-0.39, 0.29) is 11.8 Å². The van der Waals surface area contributed by atoms with Crippen molar-refractivity contribution in [1.29, 1.82) is 0 Å². The average Bonchev–Trinajstić information content (AvgIpc) is 3.19. The van der Waals surface area contributed by atoms with E-state index in [0.29, 0.717) is 17.4 Å². The van der Waals surface area contributed by atoms with Gasteiger partial charge in [0.2, 0.25) is 5.91 Å². The minimum absolute atomic E-state index is 0.00476. The van der Waals surface area contributed by atoms with E-state index in [1.54, 1.807) is 36.0 Å². The normalized spacial score (nSPS) is 24.3. The molecule has 1 N–H and O–H groups in total. The summed E-state index contributed by atoms with van der Waals surface area (Å²) >= 11 is 1.43. The second kappa shape index (κ2) is 5.81. The molecule has 3 aliphatic heterocycles. The highest BCUT2D eigenvalue weighted by Gasteiger charge is 2.43. The van der Waals surface area contributed by atoms with Gasteiger partial charge in [-0.1, -0.05) is 11.8 Å². The highest BCUT2D eigenvalue weighted by molar-refractivity contribution is 8.16.